The van der Waals surface area contributed by atoms with Gasteiger partial charge in [-0.05, 0) is 43.9 Å². The molecule has 0 aliphatic carbocycles. The lowest BCUT2D eigenvalue weighted by Crippen LogP contribution is -2.52. The van der Waals surface area contributed by atoms with Crippen LogP contribution in [-0.2, 0) is 26.2 Å². The monoisotopic (exact) mass is 563 g/mol. The van der Waals surface area contributed by atoms with Gasteiger partial charge in [0.2, 0.25) is 21.8 Å². The van der Waals surface area contributed by atoms with Crippen molar-refractivity contribution in [1.29, 1.82) is 0 Å². The summed E-state index contributed by atoms with van der Waals surface area (Å²) in [5.74, 6) is -0.928. The molecule has 7 nitrogen and oxygen atoms in total. The third kappa shape index (κ3) is 6.94. The lowest BCUT2D eigenvalue weighted by atomic mass is 10.1. The number of rotatable bonds is 10. The van der Waals surface area contributed by atoms with Crippen molar-refractivity contribution in [1.82, 2.24) is 10.2 Å². The molecule has 0 spiro atoms. The van der Waals surface area contributed by atoms with Crippen LogP contribution in [0.15, 0.2) is 60.7 Å². The molecule has 0 radical (unpaired) electrons. The molecular weight excluding hydrogens is 533 g/mol. The molecule has 3 aromatic rings. The molecule has 198 valence electrons. The van der Waals surface area contributed by atoms with E-state index in [1.54, 1.807) is 49.4 Å². The first-order chi connectivity index (χ1) is 17.4. The summed E-state index contributed by atoms with van der Waals surface area (Å²) in [5.41, 5.74) is 0.847. The Labute approximate surface area is 228 Å². The number of nitrogens with zero attached hydrogens (tertiary/aromatic N) is 2. The molecule has 3 rings (SSSR count). The standard InChI is InChI=1S/C27H31Cl2N3O4S/c1-5-18(2)30-27(34)19(3)31(16-22-23(28)13-9-14-24(22)29)26(33)17-32(37(4,35)36)25-15-8-11-20-10-6-7-12-21(20)25/h6-15,18-19H,5,16-17H2,1-4H3,(H,30,34)/t18-,19+/m1/s1. The molecule has 2 amide bonds. The lowest BCUT2D eigenvalue weighted by molar-refractivity contribution is -0.139. The summed E-state index contributed by atoms with van der Waals surface area (Å²) in [6, 6.07) is 16.6. The number of anilines is 1. The Morgan fingerprint density at radius 1 is 0.946 bits per heavy atom. The van der Waals surface area contributed by atoms with Gasteiger partial charge in [-0.25, -0.2) is 8.42 Å². The van der Waals surface area contributed by atoms with E-state index in [1.807, 2.05) is 32.0 Å². The maximum absolute atomic E-state index is 13.8. The lowest BCUT2D eigenvalue weighted by Gasteiger charge is -2.32. The summed E-state index contributed by atoms with van der Waals surface area (Å²) in [6.07, 6.45) is 1.77. The van der Waals surface area contributed by atoms with Crippen molar-refractivity contribution in [3.63, 3.8) is 0 Å². The van der Waals surface area contributed by atoms with Crippen molar-refractivity contribution in [3.8, 4) is 0 Å². The number of sulfonamides is 1. The summed E-state index contributed by atoms with van der Waals surface area (Å²) < 4.78 is 26.9. The SMILES string of the molecule is CC[C@@H](C)NC(=O)[C@H](C)N(Cc1c(Cl)cccc1Cl)C(=O)CN(c1cccc2ccccc12)S(C)(=O)=O. The molecule has 37 heavy (non-hydrogen) atoms. The van der Waals surface area contributed by atoms with Crippen molar-refractivity contribution in [3.05, 3.63) is 76.3 Å². The second-order valence-corrected chi connectivity index (χ2v) is 11.7. The maximum Gasteiger partial charge on any atom is 0.244 e. The Hall–Kier alpha value is -2.81. The summed E-state index contributed by atoms with van der Waals surface area (Å²) >= 11 is 12.8. The van der Waals surface area contributed by atoms with Crippen LogP contribution in [0.3, 0.4) is 0 Å². The second-order valence-electron chi connectivity index (χ2n) is 8.98. The number of benzene rings is 3. The van der Waals surface area contributed by atoms with E-state index in [-0.39, 0.29) is 18.5 Å². The van der Waals surface area contributed by atoms with E-state index >= 15 is 0 Å². The molecule has 0 saturated heterocycles. The predicted molar refractivity (Wildman–Crippen MR) is 151 cm³/mol. The van der Waals surface area contributed by atoms with E-state index in [0.29, 0.717) is 33.1 Å². The van der Waals surface area contributed by atoms with Gasteiger partial charge in [0.25, 0.3) is 0 Å². The maximum atomic E-state index is 13.8. The molecule has 0 aliphatic rings. The minimum atomic E-state index is -3.86. The summed E-state index contributed by atoms with van der Waals surface area (Å²) in [7, 11) is -3.86. The van der Waals surface area contributed by atoms with E-state index in [9.17, 15) is 18.0 Å². The van der Waals surface area contributed by atoms with Crippen LogP contribution in [0, 0.1) is 0 Å². The summed E-state index contributed by atoms with van der Waals surface area (Å²) in [4.78, 5) is 28.1. The third-order valence-corrected chi connectivity index (χ3v) is 8.11. The molecule has 0 saturated carbocycles. The Morgan fingerprint density at radius 2 is 1.54 bits per heavy atom. The average Bonchev–Trinajstić information content (AvgIpc) is 2.85. The quantitative estimate of drug-likeness (QED) is 0.365. The van der Waals surface area contributed by atoms with Crippen LogP contribution in [0.5, 0.6) is 0 Å². The van der Waals surface area contributed by atoms with Gasteiger partial charge >= 0.3 is 0 Å². The Kier molecular flexibility index (Phi) is 9.45. The number of carbonyl (C=O) groups excluding carboxylic acids is 2. The van der Waals surface area contributed by atoms with Gasteiger partial charge in [0.1, 0.15) is 12.6 Å². The van der Waals surface area contributed by atoms with Crippen LogP contribution in [0.25, 0.3) is 10.8 Å². The molecule has 3 aromatic carbocycles. The van der Waals surface area contributed by atoms with Gasteiger partial charge in [-0.15, -0.1) is 0 Å². The van der Waals surface area contributed by atoms with Gasteiger partial charge in [0.15, 0.2) is 0 Å². The molecule has 2 atom stereocenters. The smallest absolute Gasteiger partial charge is 0.244 e. The third-order valence-electron chi connectivity index (χ3n) is 6.27. The van der Waals surface area contributed by atoms with Crippen LogP contribution < -0.4 is 9.62 Å². The molecule has 1 N–H and O–H groups in total. The first-order valence-electron chi connectivity index (χ1n) is 11.9. The molecular formula is C27H31Cl2N3O4S. The van der Waals surface area contributed by atoms with Gasteiger partial charge < -0.3 is 10.2 Å². The van der Waals surface area contributed by atoms with Crippen molar-refractivity contribution in [2.75, 3.05) is 17.1 Å². The zero-order valence-corrected chi connectivity index (χ0v) is 23.6. The number of carbonyl (C=O) groups is 2. The van der Waals surface area contributed by atoms with Gasteiger partial charge in [0.05, 0.1) is 11.9 Å². The topological polar surface area (TPSA) is 86.8 Å². The summed E-state index contributed by atoms with van der Waals surface area (Å²) in [5, 5.41) is 5.09. The highest BCUT2D eigenvalue weighted by atomic mass is 35.5. The molecule has 10 heteroatoms. The number of nitrogens with one attached hydrogen (secondary N) is 1. The highest BCUT2D eigenvalue weighted by molar-refractivity contribution is 7.92. The number of hydrogen-bond donors (Lipinski definition) is 1. The van der Waals surface area contributed by atoms with Gasteiger partial charge in [-0.2, -0.15) is 0 Å². The van der Waals surface area contributed by atoms with E-state index in [4.69, 9.17) is 23.2 Å². The van der Waals surface area contributed by atoms with Crippen LogP contribution in [0.1, 0.15) is 32.8 Å². The fraction of sp³-hybridized carbons (Fsp3) is 0.333. The average molecular weight is 565 g/mol. The van der Waals surface area contributed by atoms with Crippen molar-refractivity contribution in [2.24, 2.45) is 0 Å². The molecule has 0 aliphatic heterocycles. The first-order valence-corrected chi connectivity index (χ1v) is 14.5. The van der Waals surface area contributed by atoms with Crippen molar-refractivity contribution < 1.29 is 18.0 Å². The minimum Gasteiger partial charge on any atom is -0.352 e. The molecule has 0 heterocycles. The fourth-order valence-corrected chi connectivity index (χ4v) is 5.30. The van der Waals surface area contributed by atoms with Gasteiger partial charge in [-0.3, -0.25) is 13.9 Å². The van der Waals surface area contributed by atoms with Gasteiger partial charge in [0, 0.05) is 33.6 Å². The number of hydrogen-bond acceptors (Lipinski definition) is 4. The number of amides is 2. The largest absolute Gasteiger partial charge is 0.352 e. The van der Waals surface area contributed by atoms with E-state index in [1.165, 1.54) is 4.90 Å². The van der Waals surface area contributed by atoms with Crippen molar-refractivity contribution in [2.45, 2.75) is 45.8 Å². The van der Waals surface area contributed by atoms with Crippen LogP contribution in [0.4, 0.5) is 5.69 Å². The van der Waals surface area contributed by atoms with E-state index in [0.717, 1.165) is 15.9 Å². The highest BCUT2D eigenvalue weighted by Gasteiger charge is 2.31. The molecule has 0 unspecified atom stereocenters. The fourth-order valence-electron chi connectivity index (χ4n) is 3.92. The van der Waals surface area contributed by atoms with E-state index in [2.05, 4.69) is 5.32 Å². The Morgan fingerprint density at radius 3 is 2.16 bits per heavy atom. The van der Waals surface area contributed by atoms with Crippen molar-refractivity contribution >= 4 is 61.5 Å². The summed E-state index contributed by atoms with van der Waals surface area (Å²) in [6.45, 7) is 4.84. The molecule has 0 fully saturated rings. The molecule has 0 aromatic heterocycles. The van der Waals surface area contributed by atoms with Crippen LogP contribution in [-0.4, -0.2) is 50.0 Å². The van der Waals surface area contributed by atoms with Crippen LogP contribution >= 0.6 is 23.2 Å². The highest BCUT2D eigenvalue weighted by Crippen LogP contribution is 2.30. The zero-order chi connectivity index (χ0) is 27.3. The number of halogens is 2. The predicted octanol–water partition coefficient (Wildman–Crippen LogP) is 5.24. The Balaban J connectivity index is 2.03. The second kappa shape index (κ2) is 12.2. The zero-order valence-electron chi connectivity index (χ0n) is 21.2. The van der Waals surface area contributed by atoms with E-state index < -0.39 is 28.5 Å². The first kappa shape index (κ1) is 28.8. The molecule has 0 bridgehead atoms. The normalized spacial score (nSPS) is 13.1. The van der Waals surface area contributed by atoms with Gasteiger partial charge in [-0.1, -0.05) is 72.6 Å². The number of fused-ring (bicyclic) bond motifs is 1. The minimum absolute atomic E-state index is 0.0699. The Bertz CT molecular complexity index is 1370. The van der Waals surface area contributed by atoms with Crippen LogP contribution in [0.2, 0.25) is 10.0 Å².